The van der Waals surface area contributed by atoms with Crippen LogP contribution in [0.3, 0.4) is 0 Å². The molecule has 0 amide bonds. The number of carbonyl (C=O) groups excluding carboxylic acids is 2. The minimum Gasteiger partial charge on any atom is -0.756 e. The lowest BCUT2D eigenvalue weighted by atomic mass is 10.1. The SMILES string of the molecule is CC/C=C\C/C=C\C/C=C\C/C=C\C/C=C\C/C=C\C/C=C\C/C=C\C/C=C\CCCCCCCCCC(=O)OC(COC(=O)CCCCCCCCCCC)COP(=O)([O-])OCC[N+](C)(C)C. The lowest BCUT2D eigenvalue weighted by Gasteiger charge is -2.28. The van der Waals surface area contributed by atoms with Crippen LogP contribution in [0.15, 0.2) is 109 Å². The van der Waals surface area contributed by atoms with Crippen molar-refractivity contribution in [3.63, 3.8) is 0 Å². The number of ether oxygens (including phenoxy) is 2. The molecule has 10 heteroatoms. The van der Waals surface area contributed by atoms with Crippen LogP contribution in [0, 0.1) is 0 Å². The van der Waals surface area contributed by atoms with Gasteiger partial charge in [-0.3, -0.25) is 14.2 Å². The third-order valence-corrected chi connectivity index (χ3v) is 11.8. The van der Waals surface area contributed by atoms with Crippen LogP contribution in [0.4, 0.5) is 0 Å². The zero-order valence-electron chi connectivity index (χ0n) is 43.8. The first-order valence-electron chi connectivity index (χ1n) is 26.6. The first-order valence-corrected chi connectivity index (χ1v) is 28.1. The summed E-state index contributed by atoms with van der Waals surface area (Å²) in [6, 6.07) is 0. The predicted molar refractivity (Wildman–Crippen MR) is 286 cm³/mol. The summed E-state index contributed by atoms with van der Waals surface area (Å²) in [5.41, 5.74) is 0. The fourth-order valence-corrected chi connectivity index (χ4v) is 7.43. The van der Waals surface area contributed by atoms with E-state index in [0.717, 1.165) is 103 Å². The van der Waals surface area contributed by atoms with Crippen molar-refractivity contribution < 1.29 is 42.1 Å². The van der Waals surface area contributed by atoms with E-state index in [1.807, 2.05) is 21.1 Å². The van der Waals surface area contributed by atoms with Crippen molar-refractivity contribution in [2.24, 2.45) is 0 Å². The van der Waals surface area contributed by atoms with Crippen molar-refractivity contribution in [1.29, 1.82) is 0 Å². The average Bonchev–Trinajstić information content (AvgIpc) is 3.30. The van der Waals surface area contributed by atoms with E-state index in [9.17, 15) is 19.0 Å². The third-order valence-electron chi connectivity index (χ3n) is 10.8. The van der Waals surface area contributed by atoms with E-state index in [2.05, 4.69) is 123 Å². The molecule has 0 saturated carbocycles. The molecule has 9 nitrogen and oxygen atoms in total. The molecule has 0 aromatic heterocycles. The van der Waals surface area contributed by atoms with Gasteiger partial charge in [-0.15, -0.1) is 0 Å². The minimum absolute atomic E-state index is 0.0376. The summed E-state index contributed by atoms with van der Waals surface area (Å²) >= 11 is 0. The van der Waals surface area contributed by atoms with Crippen LogP contribution in [0.1, 0.15) is 194 Å². The molecule has 0 aliphatic carbocycles. The van der Waals surface area contributed by atoms with Gasteiger partial charge in [-0.2, -0.15) is 0 Å². The standard InChI is InChI=1S/C58H98NO8P/c1-6-8-10-12-14-16-17-18-19-20-21-22-23-24-25-26-27-28-29-30-31-32-33-34-35-36-37-38-39-40-41-43-45-47-49-51-58(61)67-56(55-66-68(62,63)65-53-52-59(3,4)5)54-64-57(60)50-48-46-44-42-15-13-11-9-7-2/h8,10,14,16,18-19,21-22,24-25,27-28,30-31,33-34,36-37,56H,6-7,9,11-13,15,17,20,23,26,29,32,35,38-55H2,1-5H3/b10-8-,16-14-,19-18-,22-21-,25-24-,28-27-,31-30-,34-33-,37-36-. The smallest absolute Gasteiger partial charge is 0.306 e. The van der Waals surface area contributed by atoms with Gasteiger partial charge in [-0.1, -0.05) is 207 Å². The number of hydrogen-bond donors (Lipinski definition) is 0. The Hall–Kier alpha value is -3.33. The van der Waals surface area contributed by atoms with Crippen LogP contribution < -0.4 is 4.89 Å². The molecule has 2 unspecified atom stereocenters. The van der Waals surface area contributed by atoms with Crippen molar-refractivity contribution in [1.82, 2.24) is 0 Å². The largest absolute Gasteiger partial charge is 0.756 e. The quantitative estimate of drug-likeness (QED) is 0.0195. The van der Waals surface area contributed by atoms with E-state index in [1.54, 1.807) is 0 Å². The number of carbonyl (C=O) groups is 2. The number of allylic oxidation sites excluding steroid dienone is 18. The lowest BCUT2D eigenvalue weighted by molar-refractivity contribution is -0.870. The fourth-order valence-electron chi connectivity index (χ4n) is 6.71. The molecule has 0 heterocycles. The molecule has 0 N–H and O–H groups in total. The number of nitrogens with zero attached hydrogens (tertiary/aromatic N) is 1. The molecule has 2 atom stereocenters. The topological polar surface area (TPSA) is 111 Å². The second-order valence-corrected chi connectivity index (χ2v) is 19.9. The fraction of sp³-hybridized carbons (Fsp3) is 0.655. The molecule has 0 spiro atoms. The van der Waals surface area contributed by atoms with E-state index in [4.69, 9.17) is 18.5 Å². The molecule has 0 aliphatic rings. The van der Waals surface area contributed by atoms with Crippen molar-refractivity contribution >= 4 is 19.8 Å². The highest BCUT2D eigenvalue weighted by Gasteiger charge is 2.21. The van der Waals surface area contributed by atoms with E-state index in [-0.39, 0.29) is 26.1 Å². The maximum absolute atomic E-state index is 12.7. The van der Waals surface area contributed by atoms with Crippen LogP contribution in [0.2, 0.25) is 0 Å². The number of phosphoric ester groups is 1. The molecule has 0 aliphatic heterocycles. The van der Waals surface area contributed by atoms with Crippen LogP contribution in [-0.4, -0.2) is 70.0 Å². The monoisotopic (exact) mass is 968 g/mol. The number of phosphoric acid groups is 1. The summed E-state index contributed by atoms with van der Waals surface area (Å²) in [6.45, 7) is 4.06. The van der Waals surface area contributed by atoms with Gasteiger partial charge in [0.15, 0.2) is 6.10 Å². The second kappa shape index (κ2) is 48.7. The Morgan fingerprint density at radius 3 is 1.25 bits per heavy atom. The Morgan fingerprint density at radius 1 is 0.471 bits per heavy atom. The maximum atomic E-state index is 12.7. The highest BCUT2D eigenvalue weighted by Crippen LogP contribution is 2.38. The van der Waals surface area contributed by atoms with E-state index < -0.39 is 32.5 Å². The van der Waals surface area contributed by atoms with Gasteiger partial charge in [-0.25, -0.2) is 0 Å². The number of unbranched alkanes of at least 4 members (excludes halogenated alkanes) is 15. The summed E-state index contributed by atoms with van der Waals surface area (Å²) in [5, 5.41) is 0. The van der Waals surface area contributed by atoms with Crippen LogP contribution in [0.5, 0.6) is 0 Å². The summed E-state index contributed by atoms with van der Waals surface area (Å²) in [6.07, 6.45) is 67.2. The zero-order chi connectivity index (χ0) is 49.9. The van der Waals surface area contributed by atoms with Crippen molar-refractivity contribution in [3.8, 4) is 0 Å². The molecule has 0 radical (unpaired) electrons. The van der Waals surface area contributed by atoms with Gasteiger partial charge in [0, 0.05) is 12.8 Å². The van der Waals surface area contributed by atoms with Gasteiger partial charge in [0.25, 0.3) is 7.82 Å². The first kappa shape index (κ1) is 64.7. The Kier molecular flexibility index (Phi) is 46.3. The van der Waals surface area contributed by atoms with Crippen LogP contribution in [0.25, 0.3) is 0 Å². The summed E-state index contributed by atoms with van der Waals surface area (Å²) in [4.78, 5) is 37.6. The summed E-state index contributed by atoms with van der Waals surface area (Å²) < 4.78 is 33.9. The van der Waals surface area contributed by atoms with Gasteiger partial charge >= 0.3 is 11.9 Å². The van der Waals surface area contributed by atoms with E-state index in [0.29, 0.717) is 17.4 Å². The molecule has 0 bridgehead atoms. The van der Waals surface area contributed by atoms with Crippen molar-refractivity contribution in [2.45, 2.75) is 200 Å². The average molecular weight is 968 g/mol. The maximum Gasteiger partial charge on any atom is 0.306 e. The minimum atomic E-state index is -4.63. The molecule has 388 valence electrons. The van der Waals surface area contributed by atoms with Gasteiger partial charge in [0.05, 0.1) is 27.7 Å². The molecule has 0 fully saturated rings. The second-order valence-electron chi connectivity index (χ2n) is 18.5. The normalized spacial score (nSPS) is 14.3. The predicted octanol–water partition coefficient (Wildman–Crippen LogP) is 15.6. The van der Waals surface area contributed by atoms with Crippen molar-refractivity contribution in [3.05, 3.63) is 109 Å². The lowest BCUT2D eigenvalue weighted by Crippen LogP contribution is -2.37. The molecule has 0 aromatic rings. The number of esters is 2. The molecular formula is C58H98NO8P. The number of rotatable bonds is 47. The zero-order valence-corrected chi connectivity index (χ0v) is 44.7. The Bertz CT molecular complexity index is 1520. The summed E-state index contributed by atoms with van der Waals surface area (Å²) in [7, 11) is 1.14. The third kappa shape index (κ3) is 52.0. The van der Waals surface area contributed by atoms with Gasteiger partial charge < -0.3 is 27.9 Å². The highest BCUT2D eigenvalue weighted by atomic mass is 31.2. The molecular weight excluding hydrogens is 870 g/mol. The Morgan fingerprint density at radius 2 is 0.838 bits per heavy atom. The number of hydrogen-bond acceptors (Lipinski definition) is 8. The van der Waals surface area contributed by atoms with Crippen molar-refractivity contribution in [2.75, 3.05) is 47.5 Å². The van der Waals surface area contributed by atoms with Crippen LogP contribution in [-0.2, 0) is 32.7 Å². The van der Waals surface area contributed by atoms with Crippen LogP contribution >= 0.6 is 7.82 Å². The summed E-state index contributed by atoms with van der Waals surface area (Å²) in [5.74, 6) is -0.856. The first-order chi connectivity index (χ1) is 33.0. The van der Waals surface area contributed by atoms with E-state index in [1.165, 1.54) is 57.8 Å². The van der Waals surface area contributed by atoms with Gasteiger partial charge in [0.2, 0.25) is 0 Å². The number of quaternary nitrogens is 1. The molecule has 0 rings (SSSR count). The molecule has 0 saturated heterocycles. The van der Waals surface area contributed by atoms with Gasteiger partial charge in [-0.05, 0) is 83.5 Å². The Labute approximate surface area is 416 Å². The molecule has 68 heavy (non-hydrogen) atoms. The van der Waals surface area contributed by atoms with E-state index >= 15 is 0 Å². The number of likely N-dealkylation sites (N-methyl/N-ethyl adjacent to an activating group) is 1. The highest BCUT2D eigenvalue weighted by molar-refractivity contribution is 7.45. The van der Waals surface area contributed by atoms with Gasteiger partial charge in [0.1, 0.15) is 19.8 Å². The molecule has 0 aromatic carbocycles. The Balaban J connectivity index is 4.13.